The number of anilines is 2. The van der Waals surface area contributed by atoms with E-state index in [1.165, 1.54) is 0 Å². The number of carbonyl (C=O) groups excluding carboxylic acids is 1. The predicted molar refractivity (Wildman–Crippen MR) is 56.6 cm³/mol. The maximum absolute atomic E-state index is 11.2. The van der Waals surface area contributed by atoms with E-state index in [9.17, 15) is 4.79 Å². The van der Waals surface area contributed by atoms with E-state index in [4.69, 9.17) is 0 Å². The summed E-state index contributed by atoms with van der Waals surface area (Å²) in [6.45, 7) is 0. The first-order chi connectivity index (χ1) is 6.84. The minimum atomic E-state index is -0.170. The average molecular weight is 184 g/mol. The van der Waals surface area contributed by atoms with Gasteiger partial charge in [-0.1, -0.05) is 24.3 Å². The van der Waals surface area contributed by atoms with Gasteiger partial charge >= 0.3 is 6.03 Å². The average Bonchev–Trinajstić information content (AvgIpc) is 2.18. The zero-order valence-corrected chi connectivity index (χ0v) is 7.37. The molecule has 0 radical (unpaired) electrons. The van der Waals surface area contributed by atoms with E-state index in [-0.39, 0.29) is 6.03 Å². The van der Waals surface area contributed by atoms with Crippen molar-refractivity contribution in [3.63, 3.8) is 0 Å². The van der Waals surface area contributed by atoms with Crippen LogP contribution >= 0.6 is 0 Å². The highest BCUT2D eigenvalue weighted by molar-refractivity contribution is 6.17. The van der Waals surface area contributed by atoms with Gasteiger partial charge in [-0.2, -0.15) is 0 Å². The molecule has 0 bridgehead atoms. The normalized spacial score (nSPS) is 13.6. The van der Waals surface area contributed by atoms with Gasteiger partial charge in [-0.25, -0.2) is 4.79 Å². The van der Waals surface area contributed by atoms with Crippen molar-refractivity contribution in [2.45, 2.75) is 0 Å². The van der Waals surface area contributed by atoms with Crippen LogP contribution in [-0.2, 0) is 0 Å². The lowest BCUT2D eigenvalue weighted by molar-refractivity contribution is 0.262. The Morgan fingerprint density at radius 1 is 0.857 bits per heavy atom. The lowest BCUT2D eigenvalue weighted by Crippen LogP contribution is -2.23. The molecule has 0 spiro atoms. The van der Waals surface area contributed by atoms with Gasteiger partial charge in [0.25, 0.3) is 0 Å². The summed E-state index contributed by atoms with van der Waals surface area (Å²) in [7, 11) is 0. The van der Waals surface area contributed by atoms with Gasteiger partial charge in [0.15, 0.2) is 0 Å². The van der Waals surface area contributed by atoms with Crippen molar-refractivity contribution in [3.8, 4) is 0 Å². The standard InChI is InChI=1S/C11H8N2O/c14-11-12-8-5-1-3-7-4-2-6-9(13-11)10(7)8/h1-6H,(H2,12,13,14). The molecule has 2 N–H and O–H groups in total. The van der Waals surface area contributed by atoms with Gasteiger partial charge < -0.3 is 10.6 Å². The molecule has 3 nitrogen and oxygen atoms in total. The third-order valence-electron chi connectivity index (χ3n) is 2.40. The topological polar surface area (TPSA) is 41.1 Å². The number of nitrogens with one attached hydrogen (secondary N) is 2. The van der Waals surface area contributed by atoms with Crippen LogP contribution in [0.5, 0.6) is 0 Å². The number of benzene rings is 2. The second kappa shape index (κ2) is 2.48. The Morgan fingerprint density at radius 3 is 2.00 bits per heavy atom. The van der Waals surface area contributed by atoms with E-state index in [2.05, 4.69) is 10.6 Å². The van der Waals surface area contributed by atoms with Crippen LogP contribution in [0.15, 0.2) is 36.4 Å². The molecule has 2 amide bonds. The molecule has 0 saturated carbocycles. The van der Waals surface area contributed by atoms with Gasteiger partial charge in [0.1, 0.15) is 0 Å². The largest absolute Gasteiger partial charge is 0.323 e. The highest BCUT2D eigenvalue weighted by Crippen LogP contribution is 2.33. The number of rotatable bonds is 0. The Labute approximate surface area is 80.7 Å². The van der Waals surface area contributed by atoms with Gasteiger partial charge in [0.05, 0.1) is 11.4 Å². The van der Waals surface area contributed by atoms with Crippen LogP contribution in [0, 0.1) is 0 Å². The summed E-state index contributed by atoms with van der Waals surface area (Å²) in [6.07, 6.45) is 0. The van der Waals surface area contributed by atoms with Crippen LogP contribution < -0.4 is 10.6 Å². The van der Waals surface area contributed by atoms with E-state index in [0.717, 1.165) is 22.1 Å². The van der Waals surface area contributed by atoms with Crippen LogP contribution in [-0.4, -0.2) is 6.03 Å². The quantitative estimate of drug-likeness (QED) is 0.649. The highest BCUT2D eigenvalue weighted by Gasteiger charge is 2.15. The van der Waals surface area contributed by atoms with Crippen molar-refractivity contribution < 1.29 is 4.79 Å². The van der Waals surface area contributed by atoms with E-state index in [0.29, 0.717) is 0 Å². The molecule has 2 aromatic rings. The van der Waals surface area contributed by atoms with E-state index in [1.807, 2.05) is 36.4 Å². The van der Waals surface area contributed by atoms with Crippen molar-refractivity contribution in [2.75, 3.05) is 10.6 Å². The van der Waals surface area contributed by atoms with Crippen molar-refractivity contribution in [2.24, 2.45) is 0 Å². The number of amides is 2. The molecule has 1 aliphatic heterocycles. The molecule has 0 aromatic heterocycles. The monoisotopic (exact) mass is 184 g/mol. The lowest BCUT2D eigenvalue weighted by atomic mass is 10.1. The molecule has 2 aromatic carbocycles. The Hall–Kier alpha value is -2.03. The molecule has 0 fully saturated rings. The van der Waals surface area contributed by atoms with Gasteiger partial charge in [-0.15, -0.1) is 0 Å². The zero-order chi connectivity index (χ0) is 9.54. The molecular weight excluding hydrogens is 176 g/mol. The Kier molecular flexibility index (Phi) is 1.31. The summed E-state index contributed by atoms with van der Waals surface area (Å²) < 4.78 is 0. The van der Waals surface area contributed by atoms with Crippen molar-refractivity contribution in [3.05, 3.63) is 36.4 Å². The van der Waals surface area contributed by atoms with E-state index >= 15 is 0 Å². The molecule has 14 heavy (non-hydrogen) atoms. The molecule has 3 rings (SSSR count). The molecule has 0 atom stereocenters. The van der Waals surface area contributed by atoms with Crippen LogP contribution in [0.4, 0.5) is 16.2 Å². The van der Waals surface area contributed by atoms with Crippen LogP contribution in [0.2, 0.25) is 0 Å². The zero-order valence-electron chi connectivity index (χ0n) is 7.37. The summed E-state index contributed by atoms with van der Waals surface area (Å²) in [6, 6.07) is 11.6. The summed E-state index contributed by atoms with van der Waals surface area (Å²) >= 11 is 0. The molecule has 0 saturated heterocycles. The van der Waals surface area contributed by atoms with Crippen LogP contribution in [0.3, 0.4) is 0 Å². The van der Waals surface area contributed by atoms with Gasteiger partial charge in [0, 0.05) is 5.39 Å². The fourth-order valence-corrected chi connectivity index (χ4v) is 1.83. The SMILES string of the molecule is O=C1Nc2cccc3cccc(c23)N1. The summed E-state index contributed by atoms with van der Waals surface area (Å²) in [5.74, 6) is 0. The van der Waals surface area contributed by atoms with E-state index < -0.39 is 0 Å². The van der Waals surface area contributed by atoms with Crippen LogP contribution in [0.1, 0.15) is 0 Å². The third-order valence-corrected chi connectivity index (χ3v) is 2.40. The molecule has 1 heterocycles. The first-order valence-electron chi connectivity index (χ1n) is 4.44. The first-order valence-corrected chi connectivity index (χ1v) is 4.44. The van der Waals surface area contributed by atoms with Crippen molar-refractivity contribution in [1.29, 1.82) is 0 Å². The van der Waals surface area contributed by atoms with Gasteiger partial charge in [-0.3, -0.25) is 0 Å². The maximum Gasteiger partial charge on any atom is 0.323 e. The van der Waals surface area contributed by atoms with Gasteiger partial charge in [-0.05, 0) is 17.5 Å². The van der Waals surface area contributed by atoms with E-state index in [1.54, 1.807) is 0 Å². The second-order valence-electron chi connectivity index (χ2n) is 3.29. The third kappa shape index (κ3) is 0.893. The highest BCUT2D eigenvalue weighted by atomic mass is 16.2. The molecule has 68 valence electrons. The fourth-order valence-electron chi connectivity index (χ4n) is 1.83. The summed E-state index contributed by atoms with van der Waals surface area (Å²) in [4.78, 5) is 11.2. The van der Waals surface area contributed by atoms with Crippen molar-refractivity contribution >= 4 is 28.2 Å². The predicted octanol–water partition coefficient (Wildman–Crippen LogP) is 2.80. The molecular formula is C11H8N2O. The first kappa shape index (κ1) is 7.38. The van der Waals surface area contributed by atoms with Crippen molar-refractivity contribution in [1.82, 2.24) is 0 Å². The minimum absolute atomic E-state index is 0.170. The Balaban J connectivity index is 2.45. The second-order valence-corrected chi connectivity index (χ2v) is 3.29. The Morgan fingerprint density at radius 2 is 1.43 bits per heavy atom. The minimum Gasteiger partial charge on any atom is -0.307 e. The number of hydrogen-bond donors (Lipinski definition) is 2. The molecule has 0 unspecified atom stereocenters. The number of urea groups is 1. The maximum atomic E-state index is 11.2. The van der Waals surface area contributed by atoms with Crippen LogP contribution in [0.25, 0.3) is 10.8 Å². The molecule has 1 aliphatic rings. The summed E-state index contributed by atoms with van der Waals surface area (Å²) in [5.41, 5.74) is 1.75. The Bertz CT molecular complexity index is 491. The molecule has 3 heteroatoms. The number of carbonyl (C=O) groups is 1. The lowest BCUT2D eigenvalue weighted by Gasteiger charge is -2.18. The fraction of sp³-hybridized carbons (Fsp3) is 0. The summed E-state index contributed by atoms with van der Waals surface area (Å²) in [5, 5.41) is 7.76. The molecule has 0 aliphatic carbocycles. The number of hydrogen-bond acceptors (Lipinski definition) is 1. The smallest absolute Gasteiger partial charge is 0.307 e. The van der Waals surface area contributed by atoms with Gasteiger partial charge in [0.2, 0.25) is 0 Å².